The van der Waals surface area contributed by atoms with E-state index in [1.807, 2.05) is 0 Å². The third-order valence-electron chi connectivity index (χ3n) is 1.89. The van der Waals surface area contributed by atoms with Gasteiger partial charge >= 0.3 is 10.2 Å². The topological polar surface area (TPSA) is 30.7 Å². The van der Waals surface area contributed by atoms with Crippen molar-refractivity contribution in [2.24, 2.45) is 0 Å². The maximum Gasteiger partial charge on any atom is 0.329 e. The van der Waals surface area contributed by atoms with Gasteiger partial charge in [0, 0.05) is 0 Å². The Morgan fingerprint density at radius 1 is 0.941 bits per heavy atom. The normalized spacial score (nSPS) is 16.3. The maximum absolute atomic E-state index is 12.4. The second-order valence-corrected chi connectivity index (χ2v) is 5.66. The number of rotatable bonds is 2. The van der Waals surface area contributed by atoms with E-state index in [4.69, 9.17) is 0 Å². The van der Waals surface area contributed by atoms with Crippen LogP contribution in [0.5, 0.6) is 0 Å². The largest absolute Gasteiger partial charge is 0.329 e. The molecule has 0 N–H and O–H groups in total. The molecule has 3 nitrogen and oxygen atoms in total. The summed E-state index contributed by atoms with van der Waals surface area (Å²) in [6, 6.07) is 7.55. The monoisotopic (exact) mass is 271 g/mol. The molecule has 1 heterocycles. The predicted octanol–water partition coefficient (Wildman–Crippen LogP) is 3.92. The van der Waals surface area contributed by atoms with E-state index in [2.05, 4.69) is 10.3 Å². The molecule has 0 atom stereocenters. The van der Waals surface area contributed by atoms with Gasteiger partial charge in [-0.05, 0) is 12.1 Å². The number of halogens is 5. The summed E-state index contributed by atoms with van der Waals surface area (Å²) in [5, 5.41) is 3.30. The van der Waals surface area contributed by atoms with Crippen LogP contribution in [-0.4, -0.2) is 15.0 Å². The zero-order valence-electron chi connectivity index (χ0n) is 8.10. The van der Waals surface area contributed by atoms with Crippen molar-refractivity contribution < 1.29 is 19.4 Å². The Morgan fingerprint density at radius 2 is 1.53 bits per heavy atom. The van der Waals surface area contributed by atoms with Gasteiger partial charge in [0.25, 0.3) is 0 Å². The molecule has 17 heavy (non-hydrogen) atoms. The molecule has 0 amide bonds. The van der Waals surface area contributed by atoms with Gasteiger partial charge in [0.1, 0.15) is 0 Å². The van der Waals surface area contributed by atoms with Crippen LogP contribution in [0.3, 0.4) is 0 Å². The summed E-state index contributed by atoms with van der Waals surface area (Å²) in [5.74, 6) is 0. The number of nitrogens with zero attached hydrogens (tertiary/aromatic N) is 3. The van der Waals surface area contributed by atoms with E-state index >= 15 is 0 Å². The van der Waals surface area contributed by atoms with E-state index in [0.717, 1.165) is 0 Å². The number of hydrogen-bond acceptors (Lipinski definition) is 2. The van der Waals surface area contributed by atoms with Gasteiger partial charge in [-0.3, -0.25) is 0 Å². The van der Waals surface area contributed by atoms with Crippen LogP contribution < -0.4 is 0 Å². The van der Waals surface area contributed by atoms with Crippen LogP contribution >= 0.6 is 10.2 Å². The quantitative estimate of drug-likeness (QED) is 0.775. The minimum Gasteiger partial charge on any atom is -0.219 e. The molecular weight excluding hydrogens is 265 g/mol. The van der Waals surface area contributed by atoms with Gasteiger partial charge in [0.2, 0.25) is 5.03 Å². The fourth-order valence-electron chi connectivity index (χ4n) is 1.13. The van der Waals surface area contributed by atoms with Crippen molar-refractivity contribution in [2.75, 3.05) is 0 Å². The van der Waals surface area contributed by atoms with Crippen molar-refractivity contribution >= 4 is 10.2 Å². The molecular formula is C8H6F5N3S. The zero-order chi connectivity index (χ0) is 12.8. The first-order chi connectivity index (χ1) is 7.56. The lowest BCUT2D eigenvalue weighted by molar-refractivity contribution is 0.358. The first-order valence-electron chi connectivity index (χ1n) is 4.28. The van der Waals surface area contributed by atoms with E-state index in [1.165, 1.54) is 24.3 Å². The molecule has 0 aliphatic rings. The van der Waals surface area contributed by atoms with Crippen LogP contribution in [0.4, 0.5) is 19.4 Å². The Bertz CT molecular complexity index is 547. The third-order valence-corrected chi connectivity index (χ3v) is 2.87. The minimum absolute atomic E-state index is 0.177. The molecule has 0 bridgehead atoms. The lowest BCUT2D eigenvalue weighted by Crippen LogP contribution is -2.06. The highest BCUT2D eigenvalue weighted by Crippen LogP contribution is 3.01. The number of aromatic nitrogens is 3. The van der Waals surface area contributed by atoms with Crippen molar-refractivity contribution in [3.05, 3.63) is 36.5 Å². The van der Waals surface area contributed by atoms with E-state index in [1.54, 1.807) is 6.07 Å². The molecule has 0 radical (unpaired) electrons. The molecule has 1 aromatic heterocycles. The minimum atomic E-state index is -9.74. The van der Waals surface area contributed by atoms with Gasteiger partial charge in [0.15, 0.2) is 0 Å². The molecule has 94 valence electrons. The molecule has 0 unspecified atom stereocenters. The number of para-hydroxylation sites is 1. The van der Waals surface area contributed by atoms with Crippen LogP contribution in [-0.2, 0) is 0 Å². The molecule has 0 aliphatic heterocycles. The number of benzene rings is 1. The van der Waals surface area contributed by atoms with Crippen molar-refractivity contribution in [3.63, 3.8) is 0 Å². The average Bonchev–Trinajstić information content (AvgIpc) is 2.65. The van der Waals surface area contributed by atoms with E-state index in [0.29, 0.717) is 4.68 Å². The summed E-state index contributed by atoms with van der Waals surface area (Å²) < 4.78 is 62.5. The maximum atomic E-state index is 12.4. The summed E-state index contributed by atoms with van der Waals surface area (Å²) in [4.78, 5) is 0. The molecule has 9 heteroatoms. The van der Waals surface area contributed by atoms with Crippen molar-refractivity contribution in [1.82, 2.24) is 15.0 Å². The Labute approximate surface area is 92.6 Å². The SMILES string of the molecule is FS(F)(F)(F)(F)c1cn(-c2ccccc2)nn1. The molecule has 0 saturated heterocycles. The fourth-order valence-corrected chi connectivity index (χ4v) is 1.62. The second-order valence-electron chi connectivity index (χ2n) is 3.31. The highest BCUT2D eigenvalue weighted by atomic mass is 32.5. The molecule has 0 fully saturated rings. The van der Waals surface area contributed by atoms with E-state index in [9.17, 15) is 19.4 Å². The van der Waals surface area contributed by atoms with Crippen LogP contribution in [0.25, 0.3) is 5.69 Å². The highest BCUT2D eigenvalue weighted by molar-refractivity contribution is 8.45. The van der Waals surface area contributed by atoms with E-state index in [-0.39, 0.29) is 11.9 Å². The second kappa shape index (κ2) is 2.78. The molecule has 0 saturated carbocycles. The molecule has 2 aromatic rings. The summed E-state index contributed by atoms with van der Waals surface area (Å²) >= 11 is 0. The van der Waals surface area contributed by atoms with Crippen molar-refractivity contribution in [2.45, 2.75) is 5.03 Å². The third kappa shape index (κ3) is 2.54. The average molecular weight is 271 g/mol. The van der Waals surface area contributed by atoms with Gasteiger partial charge in [-0.1, -0.05) is 42.8 Å². The van der Waals surface area contributed by atoms with Crippen molar-refractivity contribution in [3.8, 4) is 5.69 Å². The van der Waals surface area contributed by atoms with Crippen LogP contribution in [0.15, 0.2) is 41.6 Å². The smallest absolute Gasteiger partial charge is 0.219 e. The Balaban J connectivity index is 2.50. The van der Waals surface area contributed by atoms with E-state index < -0.39 is 15.3 Å². The summed E-state index contributed by atoms with van der Waals surface area (Å²) in [6.07, 6.45) is 0.177. The Kier molecular flexibility index (Phi) is 1.94. The number of hydrogen-bond donors (Lipinski definition) is 0. The Morgan fingerprint density at radius 3 is 2.00 bits per heavy atom. The van der Waals surface area contributed by atoms with Gasteiger partial charge in [-0.2, -0.15) is 0 Å². The summed E-state index contributed by atoms with van der Waals surface area (Å²) in [5.41, 5.74) is 0.216. The summed E-state index contributed by atoms with van der Waals surface area (Å²) in [7, 11) is -9.74. The molecule has 2 rings (SSSR count). The predicted molar refractivity (Wildman–Crippen MR) is 52.8 cm³/mol. The summed E-state index contributed by atoms with van der Waals surface area (Å²) in [6.45, 7) is 0. The Hall–Kier alpha value is -1.64. The lowest BCUT2D eigenvalue weighted by atomic mass is 10.3. The van der Waals surface area contributed by atoms with Gasteiger partial charge in [0.05, 0.1) is 11.9 Å². The molecule has 1 aromatic carbocycles. The standard InChI is InChI=1S/C8H6F5N3S/c9-17(10,11,12,13)8-6-16(15-14-8)7-4-2-1-3-5-7/h1-6H. The highest BCUT2D eigenvalue weighted by Gasteiger charge is 2.68. The molecule has 0 aliphatic carbocycles. The first kappa shape index (κ1) is 11.8. The first-order valence-corrected chi connectivity index (χ1v) is 6.23. The lowest BCUT2D eigenvalue weighted by Gasteiger charge is -2.37. The van der Waals surface area contributed by atoms with Crippen molar-refractivity contribution in [1.29, 1.82) is 0 Å². The van der Waals surface area contributed by atoms with Gasteiger partial charge in [-0.25, -0.2) is 4.68 Å². The molecule has 0 spiro atoms. The van der Waals surface area contributed by atoms with Crippen LogP contribution in [0, 0.1) is 0 Å². The van der Waals surface area contributed by atoms with Gasteiger partial charge < -0.3 is 0 Å². The fraction of sp³-hybridized carbons (Fsp3) is 0. The zero-order valence-corrected chi connectivity index (χ0v) is 8.92. The van der Waals surface area contributed by atoms with Crippen LogP contribution in [0.1, 0.15) is 0 Å². The van der Waals surface area contributed by atoms with Gasteiger partial charge in [-0.15, -0.1) is 5.10 Å². The van der Waals surface area contributed by atoms with Crippen LogP contribution in [0.2, 0.25) is 0 Å².